The van der Waals surface area contributed by atoms with Crippen LogP contribution >= 0.6 is 11.6 Å². The van der Waals surface area contributed by atoms with E-state index < -0.39 is 0 Å². The lowest BCUT2D eigenvalue weighted by Gasteiger charge is -2.09. The number of halogens is 1. The van der Waals surface area contributed by atoms with Crippen LogP contribution < -0.4 is 0 Å². The molecule has 0 aromatic rings. The number of alkyl halides is 1. The van der Waals surface area contributed by atoms with Gasteiger partial charge < -0.3 is 9.64 Å². The highest BCUT2D eigenvalue weighted by Crippen LogP contribution is 2.13. The molecule has 0 unspecified atom stereocenters. The molecule has 0 heterocycles. The van der Waals surface area contributed by atoms with Gasteiger partial charge in [-0.25, -0.2) is 4.79 Å². The lowest BCUT2D eigenvalue weighted by molar-refractivity contribution is -0.139. The fourth-order valence-corrected chi connectivity index (χ4v) is 3.28. The van der Waals surface area contributed by atoms with Crippen molar-refractivity contribution in [1.29, 1.82) is 0 Å². The molecule has 0 aliphatic rings. The van der Waals surface area contributed by atoms with E-state index in [1.54, 1.807) is 6.92 Å². The van der Waals surface area contributed by atoms with Gasteiger partial charge in [0, 0.05) is 18.0 Å². The normalized spacial score (nSPS) is 10.6. The Balaban J connectivity index is 0. The van der Waals surface area contributed by atoms with Gasteiger partial charge in [-0.05, 0) is 27.4 Å². The molecule has 0 spiro atoms. The van der Waals surface area contributed by atoms with Crippen molar-refractivity contribution in [3.8, 4) is 0 Å². The van der Waals surface area contributed by atoms with Crippen molar-refractivity contribution < 1.29 is 9.53 Å². The highest BCUT2D eigenvalue weighted by atomic mass is 35.5. The fourth-order valence-electron chi connectivity index (χ4n) is 3.09. The minimum absolute atomic E-state index is 0.313. The zero-order valence-corrected chi connectivity index (χ0v) is 21.5. The first-order valence-corrected chi connectivity index (χ1v) is 13.0. The first kappa shape index (κ1) is 31.6. The molecule has 0 fully saturated rings. The summed E-state index contributed by atoms with van der Waals surface area (Å²) < 4.78 is 4.83. The van der Waals surface area contributed by atoms with Crippen molar-refractivity contribution in [3.05, 3.63) is 12.2 Å². The number of likely N-dealkylation sites (N-methyl/N-ethyl adjacent to an activating group) is 1. The van der Waals surface area contributed by atoms with Crippen molar-refractivity contribution >= 4 is 17.6 Å². The molecule has 0 aliphatic heterocycles. The van der Waals surface area contributed by atoms with Crippen LogP contribution in [0, 0.1) is 0 Å². The predicted molar refractivity (Wildman–Crippen MR) is 135 cm³/mol. The Morgan fingerprint density at radius 3 is 1.43 bits per heavy atom. The Morgan fingerprint density at radius 1 is 0.767 bits per heavy atom. The number of unbranched alkanes of at least 4 members (excludes halogenated alkanes) is 15. The number of hydrogen-bond acceptors (Lipinski definition) is 3. The summed E-state index contributed by atoms with van der Waals surface area (Å²) in [6, 6.07) is 0. The molecular formula is C26H52ClNO2. The van der Waals surface area contributed by atoms with Crippen LogP contribution in [-0.4, -0.2) is 44.0 Å². The zero-order chi connectivity index (χ0) is 22.9. The molecule has 0 aromatic heterocycles. The largest absolute Gasteiger partial charge is 0.461 e. The lowest BCUT2D eigenvalue weighted by Crippen LogP contribution is -2.20. The Bertz CT molecular complexity index is 356. The zero-order valence-electron chi connectivity index (χ0n) is 20.8. The summed E-state index contributed by atoms with van der Waals surface area (Å²) in [6.45, 7) is 8.57. The molecule has 3 nitrogen and oxygen atoms in total. The molecule has 0 N–H and O–H groups in total. The summed E-state index contributed by atoms with van der Waals surface area (Å²) in [5.41, 5.74) is 0.448. The van der Waals surface area contributed by atoms with E-state index in [0.29, 0.717) is 12.2 Å². The van der Waals surface area contributed by atoms with E-state index in [2.05, 4.69) is 13.5 Å². The first-order chi connectivity index (χ1) is 14.5. The molecule has 0 saturated heterocycles. The predicted octanol–water partition coefficient (Wildman–Crippen LogP) is 8.15. The van der Waals surface area contributed by atoms with E-state index in [-0.39, 0.29) is 5.97 Å². The van der Waals surface area contributed by atoms with E-state index in [1.807, 2.05) is 19.0 Å². The summed E-state index contributed by atoms with van der Waals surface area (Å²) >= 11 is 5.66. The van der Waals surface area contributed by atoms with Gasteiger partial charge in [0.15, 0.2) is 0 Å². The minimum atomic E-state index is -0.313. The van der Waals surface area contributed by atoms with E-state index in [9.17, 15) is 4.79 Å². The molecular weight excluding hydrogens is 394 g/mol. The average molecular weight is 446 g/mol. The van der Waals surface area contributed by atoms with E-state index in [1.165, 1.54) is 103 Å². The third-order valence-corrected chi connectivity index (χ3v) is 5.37. The monoisotopic (exact) mass is 445 g/mol. The number of nitrogens with zero attached hydrogens (tertiary/aromatic N) is 1. The third kappa shape index (κ3) is 29.7. The summed E-state index contributed by atoms with van der Waals surface area (Å²) in [5, 5.41) is 0. The summed E-state index contributed by atoms with van der Waals surface area (Å²) in [5.74, 6) is 0.533. The van der Waals surface area contributed by atoms with E-state index in [0.717, 1.165) is 12.4 Å². The second-order valence-electron chi connectivity index (χ2n) is 8.71. The van der Waals surface area contributed by atoms with Crippen LogP contribution in [0.2, 0.25) is 0 Å². The van der Waals surface area contributed by atoms with Gasteiger partial charge in [-0.3, -0.25) is 0 Å². The van der Waals surface area contributed by atoms with Gasteiger partial charge in [-0.15, -0.1) is 11.6 Å². The Labute approximate surface area is 194 Å². The van der Waals surface area contributed by atoms with Crippen molar-refractivity contribution in [2.45, 2.75) is 117 Å². The van der Waals surface area contributed by atoms with Gasteiger partial charge in [0.1, 0.15) is 6.61 Å². The molecule has 0 atom stereocenters. The van der Waals surface area contributed by atoms with Gasteiger partial charge >= 0.3 is 5.97 Å². The highest BCUT2D eigenvalue weighted by molar-refractivity contribution is 6.17. The van der Waals surface area contributed by atoms with Crippen LogP contribution in [0.3, 0.4) is 0 Å². The SMILES string of the molecule is C=C(C)C(=O)OCCN(C)C.CCCCCCCCCCCCCCCCCCCl. The lowest BCUT2D eigenvalue weighted by atomic mass is 10.0. The Hall–Kier alpha value is -0.540. The minimum Gasteiger partial charge on any atom is -0.461 e. The van der Waals surface area contributed by atoms with Gasteiger partial charge in [0.25, 0.3) is 0 Å². The maximum absolute atomic E-state index is 10.8. The number of hydrogen-bond donors (Lipinski definition) is 0. The van der Waals surface area contributed by atoms with Crippen molar-refractivity contribution in [1.82, 2.24) is 4.90 Å². The van der Waals surface area contributed by atoms with Gasteiger partial charge in [0.05, 0.1) is 0 Å². The number of rotatable bonds is 20. The fraction of sp³-hybridized carbons (Fsp3) is 0.885. The standard InChI is InChI=1S/C18H37Cl.C8H15NO2/c1-2-3-4-5-6-7-8-9-10-11-12-13-14-15-16-17-18-19;1-7(2)8(10)11-6-5-9(3)4/h2-18H2,1H3;1,5-6H2,2-4H3. The number of carbonyl (C=O) groups is 1. The van der Waals surface area contributed by atoms with Crippen LogP contribution in [0.25, 0.3) is 0 Å². The maximum Gasteiger partial charge on any atom is 0.333 e. The Kier molecular flexibility index (Phi) is 27.9. The molecule has 0 saturated carbocycles. The van der Waals surface area contributed by atoms with Crippen LogP contribution in [-0.2, 0) is 9.53 Å². The molecule has 0 rings (SSSR count). The first-order valence-electron chi connectivity index (χ1n) is 12.5. The van der Waals surface area contributed by atoms with Crippen molar-refractivity contribution in [2.24, 2.45) is 0 Å². The number of carbonyl (C=O) groups excluding carboxylic acids is 1. The smallest absolute Gasteiger partial charge is 0.333 e. The topological polar surface area (TPSA) is 29.5 Å². The van der Waals surface area contributed by atoms with Crippen LogP contribution in [0.15, 0.2) is 12.2 Å². The van der Waals surface area contributed by atoms with Crippen LogP contribution in [0.1, 0.15) is 117 Å². The molecule has 0 aromatic carbocycles. The molecule has 0 bridgehead atoms. The van der Waals surface area contributed by atoms with Gasteiger partial charge in [-0.1, -0.05) is 110 Å². The maximum atomic E-state index is 10.8. The third-order valence-electron chi connectivity index (χ3n) is 5.11. The number of ether oxygens (including phenoxy) is 1. The molecule has 30 heavy (non-hydrogen) atoms. The summed E-state index contributed by atoms with van der Waals surface area (Å²) in [7, 11) is 3.85. The summed E-state index contributed by atoms with van der Waals surface area (Å²) in [6.07, 6.45) is 22.8. The second-order valence-corrected chi connectivity index (χ2v) is 9.09. The quantitative estimate of drug-likeness (QED) is 0.0818. The van der Waals surface area contributed by atoms with Gasteiger partial charge in [0.2, 0.25) is 0 Å². The number of esters is 1. The molecule has 180 valence electrons. The van der Waals surface area contributed by atoms with Crippen LogP contribution in [0.5, 0.6) is 0 Å². The van der Waals surface area contributed by atoms with E-state index in [4.69, 9.17) is 16.3 Å². The summed E-state index contributed by atoms with van der Waals surface area (Å²) in [4.78, 5) is 12.7. The van der Waals surface area contributed by atoms with E-state index >= 15 is 0 Å². The molecule has 4 heteroatoms. The Morgan fingerprint density at radius 2 is 1.13 bits per heavy atom. The van der Waals surface area contributed by atoms with Crippen molar-refractivity contribution in [2.75, 3.05) is 33.1 Å². The highest BCUT2D eigenvalue weighted by Gasteiger charge is 2.01. The van der Waals surface area contributed by atoms with Crippen molar-refractivity contribution in [3.63, 3.8) is 0 Å². The molecule has 0 amide bonds. The average Bonchev–Trinajstić information content (AvgIpc) is 2.71. The molecule has 0 radical (unpaired) electrons. The van der Waals surface area contributed by atoms with Gasteiger partial charge in [-0.2, -0.15) is 0 Å². The second kappa shape index (κ2) is 26.5. The molecule has 0 aliphatic carbocycles. The van der Waals surface area contributed by atoms with Crippen LogP contribution in [0.4, 0.5) is 0 Å².